The maximum atomic E-state index is 12.1. The number of carbonyl (C=O) groups is 2. The van der Waals surface area contributed by atoms with Gasteiger partial charge in [0, 0.05) is 23.8 Å². The van der Waals surface area contributed by atoms with Crippen LogP contribution in [0.15, 0.2) is 24.3 Å². The van der Waals surface area contributed by atoms with Gasteiger partial charge in [-0.1, -0.05) is 97.3 Å². The lowest BCUT2D eigenvalue weighted by atomic mass is 10.0. The largest absolute Gasteiger partial charge is 0.376 e. The van der Waals surface area contributed by atoms with Gasteiger partial charge in [0.25, 0.3) is 5.91 Å². The molecule has 0 saturated heterocycles. The summed E-state index contributed by atoms with van der Waals surface area (Å²) in [6, 6.07) is 7.41. The fraction of sp³-hybridized carbons (Fsp3) is 0.724. The van der Waals surface area contributed by atoms with Crippen molar-refractivity contribution in [3.63, 3.8) is 0 Å². The second-order valence-electron chi connectivity index (χ2n) is 9.66. The Morgan fingerprint density at radius 2 is 1.24 bits per heavy atom. The molecule has 2 amide bonds. The van der Waals surface area contributed by atoms with Gasteiger partial charge in [0.15, 0.2) is 0 Å². The first-order chi connectivity index (χ1) is 16.6. The second kappa shape index (κ2) is 20.3. The van der Waals surface area contributed by atoms with E-state index in [4.69, 9.17) is 0 Å². The highest BCUT2D eigenvalue weighted by Gasteiger charge is 2.08. The minimum Gasteiger partial charge on any atom is -0.376 e. The third kappa shape index (κ3) is 15.7. The van der Waals surface area contributed by atoms with E-state index in [0.717, 1.165) is 25.1 Å². The van der Waals surface area contributed by atoms with E-state index in [2.05, 4.69) is 22.9 Å². The van der Waals surface area contributed by atoms with Crippen molar-refractivity contribution in [3.05, 3.63) is 29.8 Å². The Labute approximate surface area is 209 Å². The van der Waals surface area contributed by atoms with E-state index in [0.29, 0.717) is 5.56 Å². The summed E-state index contributed by atoms with van der Waals surface area (Å²) in [4.78, 5) is 24.2. The molecule has 1 aromatic rings. The molecule has 0 fully saturated rings. The molecule has 1 atom stereocenters. The normalized spacial score (nSPS) is 11.7. The summed E-state index contributed by atoms with van der Waals surface area (Å²) >= 11 is 0. The zero-order valence-electron chi connectivity index (χ0n) is 22.2. The monoisotopic (exact) mass is 473 g/mol. The van der Waals surface area contributed by atoms with Crippen LogP contribution in [-0.2, 0) is 4.79 Å². The van der Waals surface area contributed by atoms with Gasteiger partial charge in [-0.3, -0.25) is 9.59 Å². The maximum absolute atomic E-state index is 12.1. The van der Waals surface area contributed by atoms with Gasteiger partial charge in [-0.15, -0.1) is 0 Å². The minimum absolute atomic E-state index is 0.00767. The van der Waals surface area contributed by atoms with Gasteiger partial charge >= 0.3 is 0 Å². The van der Waals surface area contributed by atoms with E-state index in [1.54, 1.807) is 12.1 Å². The van der Waals surface area contributed by atoms with Crippen LogP contribution in [-0.4, -0.2) is 30.9 Å². The summed E-state index contributed by atoms with van der Waals surface area (Å²) in [6.45, 7) is 7.30. The average molecular weight is 474 g/mol. The van der Waals surface area contributed by atoms with Gasteiger partial charge < -0.3 is 16.0 Å². The summed E-state index contributed by atoms with van der Waals surface area (Å²) in [5, 5.41) is 9.06. The molecular weight excluding hydrogens is 422 g/mol. The Bertz CT molecular complexity index is 645. The molecule has 0 aliphatic rings. The molecule has 194 valence electrons. The zero-order valence-corrected chi connectivity index (χ0v) is 22.2. The molecule has 0 heterocycles. The number of anilines is 1. The van der Waals surface area contributed by atoms with Crippen molar-refractivity contribution in [1.29, 1.82) is 0 Å². The number of benzene rings is 1. The number of unbranched alkanes of at least 4 members (excludes halogenated alkanes) is 13. The predicted octanol–water partition coefficient (Wildman–Crippen LogP) is 7.22. The molecule has 5 nitrogen and oxygen atoms in total. The lowest BCUT2D eigenvalue weighted by Crippen LogP contribution is -2.32. The number of hydrogen-bond acceptors (Lipinski definition) is 3. The molecule has 0 radical (unpaired) electrons. The first-order valence-electron chi connectivity index (χ1n) is 14.0. The van der Waals surface area contributed by atoms with E-state index in [-0.39, 0.29) is 24.4 Å². The summed E-state index contributed by atoms with van der Waals surface area (Å²) in [7, 11) is 0. The molecule has 5 heteroatoms. The van der Waals surface area contributed by atoms with E-state index in [9.17, 15) is 9.59 Å². The van der Waals surface area contributed by atoms with Crippen LogP contribution in [0, 0.1) is 0 Å². The Hall–Kier alpha value is -2.04. The zero-order chi connectivity index (χ0) is 24.9. The lowest BCUT2D eigenvalue weighted by Gasteiger charge is -2.12. The lowest BCUT2D eigenvalue weighted by molar-refractivity contribution is -0.119. The fourth-order valence-electron chi connectivity index (χ4n) is 3.94. The van der Waals surface area contributed by atoms with Crippen LogP contribution in [0.5, 0.6) is 0 Å². The molecule has 0 aromatic heterocycles. The number of amides is 2. The van der Waals surface area contributed by atoms with Crippen LogP contribution >= 0.6 is 0 Å². The summed E-state index contributed by atoms with van der Waals surface area (Å²) < 4.78 is 0. The van der Waals surface area contributed by atoms with Crippen LogP contribution in [0.4, 0.5) is 5.69 Å². The van der Waals surface area contributed by atoms with E-state index in [1.807, 2.05) is 26.0 Å². The van der Waals surface area contributed by atoms with Gasteiger partial charge in [-0.05, 0) is 44.0 Å². The molecule has 1 aromatic carbocycles. The van der Waals surface area contributed by atoms with Crippen molar-refractivity contribution < 1.29 is 9.59 Å². The predicted molar refractivity (Wildman–Crippen MR) is 145 cm³/mol. The third-order valence-corrected chi connectivity index (χ3v) is 6.44. The fourth-order valence-corrected chi connectivity index (χ4v) is 3.94. The molecule has 34 heavy (non-hydrogen) atoms. The number of nitrogens with one attached hydrogen (secondary N) is 3. The minimum atomic E-state index is -0.0631. The van der Waals surface area contributed by atoms with Gasteiger partial charge in [-0.25, -0.2) is 0 Å². The van der Waals surface area contributed by atoms with Gasteiger partial charge in [0.05, 0.1) is 6.54 Å². The molecule has 0 aliphatic heterocycles. The molecule has 0 aliphatic carbocycles. The summed E-state index contributed by atoms with van der Waals surface area (Å²) in [6.07, 6.45) is 19.7. The second-order valence-corrected chi connectivity index (χ2v) is 9.66. The Kier molecular flexibility index (Phi) is 17.9. The first-order valence-corrected chi connectivity index (χ1v) is 14.0. The number of hydrogen-bond donors (Lipinski definition) is 3. The van der Waals surface area contributed by atoms with E-state index < -0.39 is 0 Å². The topological polar surface area (TPSA) is 70.2 Å². The van der Waals surface area contributed by atoms with Gasteiger partial charge in [0.1, 0.15) is 0 Å². The van der Waals surface area contributed by atoms with Crippen LogP contribution in [0.25, 0.3) is 0 Å². The highest BCUT2D eigenvalue weighted by Crippen LogP contribution is 2.13. The van der Waals surface area contributed by atoms with Crippen molar-refractivity contribution in [2.75, 3.05) is 18.4 Å². The van der Waals surface area contributed by atoms with Gasteiger partial charge in [0.2, 0.25) is 5.91 Å². The number of rotatable bonds is 21. The Balaban J connectivity index is 1.96. The third-order valence-electron chi connectivity index (χ3n) is 6.44. The van der Waals surface area contributed by atoms with E-state index >= 15 is 0 Å². The van der Waals surface area contributed by atoms with Crippen LogP contribution < -0.4 is 16.0 Å². The molecule has 0 saturated carbocycles. The summed E-state index contributed by atoms with van der Waals surface area (Å²) in [5.41, 5.74) is 1.47. The molecule has 3 N–H and O–H groups in total. The van der Waals surface area contributed by atoms with Crippen molar-refractivity contribution in [2.45, 2.75) is 123 Å². The van der Waals surface area contributed by atoms with Crippen molar-refractivity contribution >= 4 is 17.5 Å². The Morgan fingerprint density at radius 3 is 1.74 bits per heavy atom. The SMILES string of the molecule is CCCCCCCCCCCCCCCCNC(=O)CNc1ccc(C(=O)NC(C)CC)cc1. The number of carbonyl (C=O) groups excluding carboxylic acids is 2. The van der Waals surface area contributed by atoms with Crippen LogP contribution in [0.3, 0.4) is 0 Å². The highest BCUT2D eigenvalue weighted by atomic mass is 16.2. The standard InChI is InChI=1S/C29H51N3O2/c1-4-6-7-8-9-10-11-12-13-14-15-16-17-18-23-30-28(33)24-31-27-21-19-26(20-22-27)29(34)32-25(3)5-2/h19-22,25,31H,4-18,23-24H2,1-3H3,(H,30,33)(H,32,34). The molecule has 0 spiro atoms. The first kappa shape index (κ1) is 30.0. The Morgan fingerprint density at radius 1 is 0.735 bits per heavy atom. The van der Waals surface area contributed by atoms with Crippen molar-refractivity contribution in [3.8, 4) is 0 Å². The smallest absolute Gasteiger partial charge is 0.251 e. The van der Waals surface area contributed by atoms with Crippen molar-refractivity contribution in [2.24, 2.45) is 0 Å². The molecule has 1 unspecified atom stereocenters. The highest BCUT2D eigenvalue weighted by molar-refractivity contribution is 5.94. The van der Waals surface area contributed by atoms with Gasteiger partial charge in [-0.2, -0.15) is 0 Å². The maximum Gasteiger partial charge on any atom is 0.251 e. The van der Waals surface area contributed by atoms with Crippen LogP contribution in [0.2, 0.25) is 0 Å². The molecule has 0 bridgehead atoms. The summed E-state index contributed by atoms with van der Waals surface area (Å²) in [5.74, 6) is -0.0555. The van der Waals surface area contributed by atoms with E-state index in [1.165, 1.54) is 83.5 Å². The van der Waals surface area contributed by atoms with Crippen LogP contribution in [0.1, 0.15) is 127 Å². The molecular formula is C29H51N3O2. The molecule has 1 rings (SSSR count). The average Bonchev–Trinajstić information content (AvgIpc) is 2.85. The van der Waals surface area contributed by atoms with Crippen molar-refractivity contribution in [1.82, 2.24) is 10.6 Å². The quantitative estimate of drug-likeness (QED) is 0.165.